The summed E-state index contributed by atoms with van der Waals surface area (Å²) in [5.41, 5.74) is 2.84. The highest BCUT2D eigenvalue weighted by atomic mass is 14.0. The topological polar surface area (TPSA) is 0 Å². The van der Waals surface area contributed by atoms with Gasteiger partial charge in [-0.05, 0) is 25.3 Å². The minimum absolute atomic E-state index is 1.24. The fourth-order valence-electron chi connectivity index (χ4n) is 1.33. The van der Waals surface area contributed by atoms with Gasteiger partial charge in [0.2, 0.25) is 0 Å². The van der Waals surface area contributed by atoms with Crippen molar-refractivity contribution in [3.8, 4) is 0 Å². The molecule has 0 radical (unpaired) electrons. The molecule has 0 heterocycles. The maximum absolute atomic E-state index is 2.25. The number of benzene rings is 1. The van der Waals surface area contributed by atoms with E-state index in [9.17, 15) is 0 Å². The average molecular weight is 252 g/mol. The normalized spacial score (nSPS) is 7.78. The van der Waals surface area contributed by atoms with Gasteiger partial charge in [0.05, 0.1) is 0 Å². The van der Waals surface area contributed by atoms with E-state index >= 15 is 0 Å². The van der Waals surface area contributed by atoms with Crippen molar-refractivity contribution in [2.45, 2.75) is 81.1 Å². The number of hydrogen-bond donors (Lipinski definition) is 0. The molecule has 0 N–H and O–H groups in total. The van der Waals surface area contributed by atoms with Crippen LogP contribution >= 0.6 is 0 Å². The fourth-order valence-corrected chi connectivity index (χ4v) is 1.33. The lowest BCUT2D eigenvalue weighted by Gasteiger charge is -2.00. The number of hydrogen-bond acceptors (Lipinski definition) is 0. The summed E-state index contributed by atoms with van der Waals surface area (Å²) in [6.07, 6.45) is 5.24. The predicted molar refractivity (Wildman–Crippen MR) is 88.5 cm³/mol. The Labute approximate surface area is 117 Å². The second kappa shape index (κ2) is 21.5. The molecule has 0 aliphatic carbocycles. The molecule has 0 unspecified atom stereocenters. The Balaban J connectivity index is -0.000000328. The first-order valence-corrected chi connectivity index (χ1v) is 7.88. The molecule has 0 nitrogen and oxygen atoms in total. The summed E-state index contributed by atoms with van der Waals surface area (Å²) in [7, 11) is 0. The van der Waals surface area contributed by atoms with Gasteiger partial charge in [-0.25, -0.2) is 0 Å². The first kappa shape index (κ1) is 22.4. The lowest BCUT2D eigenvalue weighted by molar-refractivity contribution is 0.717. The summed E-state index contributed by atoms with van der Waals surface area (Å²) >= 11 is 0. The van der Waals surface area contributed by atoms with E-state index in [4.69, 9.17) is 0 Å². The molecule has 0 amide bonds. The standard InChI is InChI=1S/C12H18.3C2H6/c1-3-4-5-6-12-9-7-11(2)8-10-12;3*1-2/h7-10H,3-6H2,1-2H3;3*1-2H3. The van der Waals surface area contributed by atoms with Crippen molar-refractivity contribution in [2.24, 2.45) is 0 Å². The average Bonchev–Trinajstić information content (AvgIpc) is 2.48. The molecule has 0 saturated carbocycles. The Morgan fingerprint density at radius 2 is 1.17 bits per heavy atom. The minimum Gasteiger partial charge on any atom is -0.0683 e. The maximum Gasteiger partial charge on any atom is -0.0279 e. The van der Waals surface area contributed by atoms with Crippen LogP contribution in [0.4, 0.5) is 0 Å². The van der Waals surface area contributed by atoms with Crippen molar-refractivity contribution in [1.82, 2.24) is 0 Å². The summed E-state index contributed by atoms with van der Waals surface area (Å²) in [5, 5.41) is 0. The second-order valence-electron chi connectivity index (χ2n) is 3.44. The van der Waals surface area contributed by atoms with Crippen LogP contribution in [0.1, 0.15) is 78.9 Å². The van der Waals surface area contributed by atoms with Crippen LogP contribution in [-0.4, -0.2) is 0 Å². The van der Waals surface area contributed by atoms with Crippen LogP contribution in [0.25, 0.3) is 0 Å². The van der Waals surface area contributed by atoms with E-state index in [-0.39, 0.29) is 0 Å². The highest BCUT2D eigenvalue weighted by Gasteiger charge is 1.91. The molecule has 0 bridgehead atoms. The van der Waals surface area contributed by atoms with Gasteiger partial charge in [-0.15, -0.1) is 0 Å². The van der Waals surface area contributed by atoms with E-state index in [2.05, 4.69) is 38.1 Å². The van der Waals surface area contributed by atoms with Crippen molar-refractivity contribution in [3.05, 3.63) is 35.4 Å². The number of rotatable bonds is 4. The Kier molecular flexibility index (Phi) is 26.8. The van der Waals surface area contributed by atoms with Gasteiger partial charge in [0.15, 0.2) is 0 Å². The van der Waals surface area contributed by atoms with Gasteiger partial charge in [0.1, 0.15) is 0 Å². The van der Waals surface area contributed by atoms with Crippen LogP contribution < -0.4 is 0 Å². The third kappa shape index (κ3) is 15.2. The Morgan fingerprint density at radius 3 is 1.56 bits per heavy atom. The van der Waals surface area contributed by atoms with Gasteiger partial charge < -0.3 is 0 Å². The van der Waals surface area contributed by atoms with Crippen molar-refractivity contribution in [1.29, 1.82) is 0 Å². The summed E-state index contributed by atoms with van der Waals surface area (Å²) in [6, 6.07) is 8.87. The third-order valence-electron chi connectivity index (χ3n) is 2.19. The first-order chi connectivity index (χ1) is 8.83. The SMILES string of the molecule is CC.CC.CC.CCCCCc1ccc(C)cc1. The highest BCUT2D eigenvalue weighted by molar-refractivity contribution is 5.21. The monoisotopic (exact) mass is 252 g/mol. The molecule has 0 aromatic heterocycles. The van der Waals surface area contributed by atoms with Gasteiger partial charge >= 0.3 is 0 Å². The maximum atomic E-state index is 2.25. The Morgan fingerprint density at radius 1 is 0.722 bits per heavy atom. The lowest BCUT2D eigenvalue weighted by Crippen LogP contribution is -1.84. The molecule has 0 saturated heterocycles. The smallest absolute Gasteiger partial charge is 0.0279 e. The van der Waals surface area contributed by atoms with Crippen LogP contribution in [0.15, 0.2) is 24.3 Å². The van der Waals surface area contributed by atoms with E-state index in [0.29, 0.717) is 0 Å². The molecule has 1 aromatic rings. The molecule has 0 fully saturated rings. The quantitative estimate of drug-likeness (QED) is 0.516. The van der Waals surface area contributed by atoms with Crippen LogP contribution in [0.2, 0.25) is 0 Å². The summed E-state index contributed by atoms with van der Waals surface area (Å²) in [5.74, 6) is 0. The molecule has 0 heteroatoms. The zero-order valence-electron chi connectivity index (χ0n) is 14.1. The van der Waals surface area contributed by atoms with Crippen LogP contribution in [0.5, 0.6) is 0 Å². The number of unbranched alkanes of at least 4 members (excludes halogenated alkanes) is 2. The van der Waals surface area contributed by atoms with Gasteiger partial charge in [0, 0.05) is 0 Å². The van der Waals surface area contributed by atoms with Crippen LogP contribution in [0.3, 0.4) is 0 Å². The summed E-state index contributed by atoms with van der Waals surface area (Å²) in [6.45, 7) is 16.4. The molecule has 18 heavy (non-hydrogen) atoms. The van der Waals surface area contributed by atoms with E-state index in [1.807, 2.05) is 41.5 Å². The molecule has 0 aliphatic heterocycles. The van der Waals surface area contributed by atoms with E-state index in [1.165, 1.54) is 36.8 Å². The largest absolute Gasteiger partial charge is 0.0683 e. The van der Waals surface area contributed by atoms with Gasteiger partial charge in [0.25, 0.3) is 0 Å². The lowest BCUT2D eigenvalue weighted by atomic mass is 10.1. The van der Waals surface area contributed by atoms with Crippen molar-refractivity contribution in [3.63, 3.8) is 0 Å². The molecule has 108 valence electrons. The molecular formula is C18H36. The summed E-state index contributed by atoms with van der Waals surface area (Å²) in [4.78, 5) is 0. The molecule has 0 aliphatic rings. The predicted octanol–water partition coefficient (Wildman–Crippen LogP) is 6.81. The zero-order chi connectivity index (χ0) is 14.8. The van der Waals surface area contributed by atoms with Crippen molar-refractivity contribution < 1.29 is 0 Å². The summed E-state index contributed by atoms with van der Waals surface area (Å²) < 4.78 is 0. The second-order valence-corrected chi connectivity index (χ2v) is 3.44. The minimum atomic E-state index is 1.24. The van der Waals surface area contributed by atoms with E-state index in [1.54, 1.807) is 0 Å². The van der Waals surface area contributed by atoms with Crippen molar-refractivity contribution in [2.75, 3.05) is 0 Å². The molecule has 0 atom stereocenters. The Bertz CT molecular complexity index is 208. The molecule has 1 aromatic carbocycles. The van der Waals surface area contributed by atoms with E-state index < -0.39 is 0 Å². The van der Waals surface area contributed by atoms with Crippen LogP contribution in [0, 0.1) is 6.92 Å². The molecular weight excluding hydrogens is 216 g/mol. The fraction of sp³-hybridized carbons (Fsp3) is 0.667. The van der Waals surface area contributed by atoms with Gasteiger partial charge in [-0.3, -0.25) is 0 Å². The Hall–Kier alpha value is -0.780. The molecule has 1 rings (SSSR count). The van der Waals surface area contributed by atoms with Gasteiger partial charge in [-0.1, -0.05) is 91.1 Å². The molecule has 0 spiro atoms. The van der Waals surface area contributed by atoms with Crippen LogP contribution in [-0.2, 0) is 6.42 Å². The van der Waals surface area contributed by atoms with Gasteiger partial charge in [-0.2, -0.15) is 0 Å². The third-order valence-corrected chi connectivity index (χ3v) is 2.19. The zero-order valence-corrected chi connectivity index (χ0v) is 14.1. The number of aryl methyl sites for hydroxylation is 2. The highest BCUT2D eigenvalue weighted by Crippen LogP contribution is 2.07. The van der Waals surface area contributed by atoms with Crippen molar-refractivity contribution >= 4 is 0 Å². The van der Waals surface area contributed by atoms with E-state index in [0.717, 1.165) is 0 Å². The first-order valence-electron chi connectivity index (χ1n) is 7.88.